The van der Waals surface area contributed by atoms with Gasteiger partial charge in [-0.3, -0.25) is 15.0 Å². The first-order valence-electron chi connectivity index (χ1n) is 5.15. The molecule has 1 aromatic carbocycles. The van der Waals surface area contributed by atoms with Gasteiger partial charge in [0.15, 0.2) is 0 Å². The van der Waals surface area contributed by atoms with E-state index >= 15 is 0 Å². The van der Waals surface area contributed by atoms with Gasteiger partial charge in [-0.25, -0.2) is 0 Å². The molecule has 1 saturated heterocycles. The number of benzene rings is 1. The van der Waals surface area contributed by atoms with Gasteiger partial charge in [-0.15, -0.1) is 0 Å². The van der Waals surface area contributed by atoms with Crippen molar-refractivity contribution in [2.45, 2.75) is 19.0 Å². The zero-order chi connectivity index (χ0) is 10.7. The molecule has 0 amide bonds. The highest BCUT2D eigenvalue weighted by Crippen LogP contribution is 2.14. The van der Waals surface area contributed by atoms with Gasteiger partial charge >= 0.3 is 0 Å². The van der Waals surface area contributed by atoms with E-state index in [2.05, 4.69) is 17.0 Å². The molecule has 15 heavy (non-hydrogen) atoms. The van der Waals surface area contributed by atoms with Crippen LogP contribution in [0, 0.1) is 10.1 Å². The minimum atomic E-state index is -0.367. The number of rotatable bonds is 3. The number of likely N-dealkylation sites (tertiary alicyclic amines) is 1. The summed E-state index contributed by atoms with van der Waals surface area (Å²) in [5, 5.41) is 10.6. The molecule has 4 heteroatoms. The number of hydrogen-bond donors (Lipinski definition) is 0. The third-order valence-electron chi connectivity index (χ3n) is 2.79. The maximum Gasteiger partial charge on any atom is 0.226 e. The van der Waals surface area contributed by atoms with Crippen LogP contribution in [-0.4, -0.2) is 29.0 Å². The topological polar surface area (TPSA) is 46.4 Å². The highest BCUT2D eigenvalue weighted by Gasteiger charge is 2.30. The molecule has 0 saturated carbocycles. The van der Waals surface area contributed by atoms with E-state index in [9.17, 15) is 10.1 Å². The molecule has 1 aliphatic rings. The maximum absolute atomic E-state index is 10.6. The van der Waals surface area contributed by atoms with Gasteiger partial charge in [0.25, 0.3) is 0 Å². The minimum absolute atomic E-state index is 0.162. The van der Waals surface area contributed by atoms with Crippen LogP contribution in [0.2, 0.25) is 0 Å². The van der Waals surface area contributed by atoms with Gasteiger partial charge in [-0.05, 0) is 5.56 Å². The van der Waals surface area contributed by atoms with E-state index in [1.54, 1.807) is 0 Å². The second-order valence-electron chi connectivity index (χ2n) is 3.95. The summed E-state index contributed by atoms with van der Waals surface area (Å²) < 4.78 is 0. The normalized spacial score (nSPS) is 21.7. The van der Waals surface area contributed by atoms with Gasteiger partial charge in [0.2, 0.25) is 6.04 Å². The monoisotopic (exact) mass is 206 g/mol. The first-order chi connectivity index (χ1) is 7.25. The summed E-state index contributed by atoms with van der Waals surface area (Å²) in [6.07, 6.45) is 0.680. The van der Waals surface area contributed by atoms with Crippen molar-refractivity contribution in [1.82, 2.24) is 4.90 Å². The van der Waals surface area contributed by atoms with Gasteiger partial charge < -0.3 is 0 Å². The summed E-state index contributed by atoms with van der Waals surface area (Å²) in [5.74, 6) is 0. The van der Waals surface area contributed by atoms with Gasteiger partial charge in [-0.2, -0.15) is 0 Å². The molecule has 1 aromatic rings. The van der Waals surface area contributed by atoms with Gasteiger partial charge in [-0.1, -0.05) is 30.3 Å². The first kappa shape index (κ1) is 10.1. The molecule has 1 unspecified atom stereocenters. The molecular formula is C11H14N2O2. The Kier molecular flexibility index (Phi) is 2.97. The molecule has 0 spiro atoms. The highest BCUT2D eigenvalue weighted by molar-refractivity contribution is 5.14. The SMILES string of the molecule is O=[N+]([O-])C1CCN(Cc2ccccc2)C1. The Morgan fingerprint density at radius 2 is 2.13 bits per heavy atom. The van der Waals surface area contributed by atoms with Crippen molar-refractivity contribution in [3.8, 4) is 0 Å². The van der Waals surface area contributed by atoms with Crippen LogP contribution in [0.4, 0.5) is 0 Å². The lowest BCUT2D eigenvalue weighted by Crippen LogP contribution is -2.25. The largest absolute Gasteiger partial charge is 0.292 e. The zero-order valence-corrected chi connectivity index (χ0v) is 8.50. The van der Waals surface area contributed by atoms with E-state index in [0.717, 1.165) is 13.1 Å². The van der Waals surface area contributed by atoms with E-state index in [1.165, 1.54) is 5.56 Å². The third kappa shape index (κ3) is 2.53. The number of nitro groups is 1. The van der Waals surface area contributed by atoms with Crippen molar-refractivity contribution in [3.05, 3.63) is 46.0 Å². The molecule has 0 aromatic heterocycles. The summed E-state index contributed by atoms with van der Waals surface area (Å²) in [7, 11) is 0. The van der Waals surface area contributed by atoms with Crippen LogP contribution in [0.3, 0.4) is 0 Å². The molecule has 0 radical (unpaired) electrons. The standard InChI is InChI=1S/C11H14N2O2/c14-13(15)11-6-7-12(9-11)8-10-4-2-1-3-5-10/h1-5,11H,6-9H2. The quantitative estimate of drug-likeness (QED) is 0.556. The van der Waals surface area contributed by atoms with E-state index < -0.39 is 0 Å². The Morgan fingerprint density at radius 1 is 1.40 bits per heavy atom. The van der Waals surface area contributed by atoms with Crippen molar-refractivity contribution in [3.63, 3.8) is 0 Å². The van der Waals surface area contributed by atoms with Gasteiger partial charge in [0.1, 0.15) is 0 Å². The van der Waals surface area contributed by atoms with E-state index in [0.29, 0.717) is 13.0 Å². The molecule has 4 nitrogen and oxygen atoms in total. The van der Waals surface area contributed by atoms with Crippen molar-refractivity contribution >= 4 is 0 Å². The van der Waals surface area contributed by atoms with E-state index in [-0.39, 0.29) is 11.0 Å². The molecule has 1 atom stereocenters. The van der Waals surface area contributed by atoms with Crippen LogP contribution in [-0.2, 0) is 6.54 Å². The molecule has 0 aliphatic carbocycles. The molecule has 80 valence electrons. The average molecular weight is 206 g/mol. The fraction of sp³-hybridized carbons (Fsp3) is 0.455. The summed E-state index contributed by atoms with van der Waals surface area (Å²) in [5.41, 5.74) is 1.22. The molecular weight excluding hydrogens is 192 g/mol. The van der Waals surface area contributed by atoms with Crippen LogP contribution in [0.5, 0.6) is 0 Å². The van der Waals surface area contributed by atoms with Crippen molar-refractivity contribution < 1.29 is 4.92 Å². The molecule has 2 rings (SSSR count). The Bertz CT molecular complexity index is 340. The van der Waals surface area contributed by atoms with Crippen molar-refractivity contribution in [2.24, 2.45) is 0 Å². The fourth-order valence-electron chi connectivity index (χ4n) is 1.97. The van der Waals surface area contributed by atoms with Gasteiger partial charge in [0.05, 0.1) is 6.54 Å². The van der Waals surface area contributed by atoms with Gasteiger partial charge in [0, 0.05) is 24.4 Å². The Labute approximate surface area is 88.7 Å². The Morgan fingerprint density at radius 3 is 2.73 bits per heavy atom. The maximum atomic E-state index is 10.6. The number of hydrogen-bond acceptors (Lipinski definition) is 3. The molecule has 1 heterocycles. The average Bonchev–Trinajstić information content (AvgIpc) is 2.68. The summed E-state index contributed by atoms with van der Waals surface area (Å²) >= 11 is 0. The van der Waals surface area contributed by atoms with Crippen LogP contribution < -0.4 is 0 Å². The second kappa shape index (κ2) is 4.40. The predicted octanol–water partition coefficient (Wildman–Crippen LogP) is 1.54. The first-order valence-corrected chi connectivity index (χ1v) is 5.15. The third-order valence-corrected chi connectivity index (χ3v) is 2.79. The smallest absolute Gasteiger partial charge is 0.226 e. The van der Waals surface area contributed by atoms with Crippen LogP contribution in [0.1, 0.15) is 12.0 Å². The fourth-order valence-corrected chi connectivity index (χ4v) is 1.97. The summed E-state index contributed by atoms with van der Waals surface area (Å²) in [6, 6.07) is 9.72. The number of nitrogens with zero attached hydrogens (tertiary/aromatic N) is 2. The Balaban J connectivity index is 1.90. The molecule has 0 bridgehead atoms. The lowest BCUT2D eigenvalue weighted by Gasteiger charge is -2.13. The van der Waals surface area contributed by atoms with Crippen molar-refractivity contribution in [1.29, 1.82) is 0 Å². The van der Waals surface area contributed by atoms with Crippen LogP contribution in [0.15, 0.2) is 30.3 Å². The second-order valence-corrected chi connectivity index (χ2v) is 3.95. The van der Waals surface area contributed by atoms with E-state index in [4.69, 9.17) is 0 Å². The molecule has 1 fully saturated rings. The summed E-state index contributed by atoms with van der Waals surface area (Å²) in [6.45, 7) is 2.24. The molecule has 1 aliphatic heterocycles. The Hall–Kier alpha value is -1.42. The molecule has 0 N–H and O–H groups in total. The van der Waals surface area contributed by atoms with E-state index in [1.807, 2.05) is 18.2 Å². The predicted molar refractivity (Wildman–Crippen MR) is 57.1 cm³/mol. The lowest BCUT2D eigenvalue weighted by atomic mass is 10.2. The van der Waals surface area contributed by atoms with Crippen molar-refractivity contribution in [2.75, 3.05) is 13.1 Å². The van der Waals surface area contributed by atoms with Crippen LogP contribution >= 0.6 is 0 Å². The highest BCUT2D eigenvalue weighted by atomic mass is 16.6. The van der Waals surface area contributed by atoms with Crippen LogP contribution in [0.25, 0.3) is 0 Å². The summed E-state index contributed by atoms with van der Waals surface area (Å²) in [4.78, 5) is 12.6. The lowest BCUT2D eigenvalue weighted by molar-refractivity contribution is -0.518. The zero-order valence-electron chi connectivity index (χ0n) is 8.50. The minimum Gasteiger partial charge on any atom is -0.292 e.